The van der Waals surface area contributed by atoms with Gasteiger partial charge in [-0.1, -0.05) is 36.4 Å². The van der Waals surface area contributed by atoms with Crippen LogP contribution in [0.3, 0.4) is 0 Å². The fourth-order valence-corrected chi connectivity index (χ4v) is 1.81. The fourth-order valence-electron chi connectivity index (χ4n) is 1.81. The zero-order valence-corrected chi connectivity index (χ0v) is 11.1. The van der Waals surface area contributed by atoms with E-state index in [1.165, 1.54) is 0 Å². The first-order valence-electron chi connectivity index (χ1n) is 6.43. The number of rotatable bonds is 7. The van der Waals surface area contributed by atoms with Crippen LogP contribution in [0.2, 0.25) is 0 Å². The summed E-state index contributed by atoms with van der Waals surface area (Å²) in [5, 5.41) is 3.13. The van der Waals surface area contributed by atoms with Crippen molar-refractivity contribution in [2.75, 3.05) is 20.3 Å². The number of hydrogen-bond donors (Lipinski definition) is 1. The topological polar surface area (TPSA) is 30.5 Å². The van der Waals surface area contributed by atoms with Crippen molar-refractivity contribution in [1.29, 1.82) is 0 Å². The van der Waals surface area contributed by atoms with Crippen molar-refractivity contribution in [3.8, 4) is 11.5 Å². The van der Waals surface area contributed by atoms with Gasteiger partial charge in [0.15, 0.2) is 0 Å². The molecule has 3 heteroatoms. The van der Waals surface area contributed by atoms with Gasteiger partial charge in [0.1, 0.15) is 24.7 Å². The van der Waals surface area contributed by atoms with E-state index in [0.29, 0.717) is 13.2 Å². The monoisotopic (exact) mass is 257 g/mol. The summed E-state index contributed by atoms with van der Waals surface area (Å²) in [4.78, 5) is 0. The van der Waals surface area contributed by atoms with Gasteiger partial charge in [0.05, 0.1) is 0 Å². The average Bonchev–Trinajstić information content (AvgIpc) is 2.47. The molecule has 3 nitrogen and oxygen atoms in total. The Morgan fingerprint density at radius 1 is 0.842 bits per heavy atom. The summed E-state index contributed by atoms with van der Waals surface area (Å²) in [6.07, 6.45) is 0. The van der Waals surface area contributed by atoms with E-state index in [1.807, 2.05) is 55.6 Å². The van der Waals surface area contributed by atoms with Crippen LogP contribution in [0, 0.1) is 0 Å². The van der Waals surface area contributed by atoms with Crippen molar-refractivity contribution >= 4 is 0 Å². The van der Waals surface area contributed by atoms with Crippen LogP contribution < -0.4 is 14.8 Å². The van der Waals surface area contributed by atoms with Gasteiger partial charge >= 0.3 is 0 Å². The second kappa shape index (κ2) is 7.44. The second-order valence-electron chi connectivity index (χ2n) is 4.15. The minimum atomic E-state index is 0.537. The molecule has 0 bridgehead atoms. The molecule has 0 amide bonds. The van der Waals surface area contributed by atoms with Gasteiger partial charge < -0.3 is 14.8 Å². The zero-order chi connectivity index (χ0) is 13.3. The van der Waals surface area contributed by atoms with Crippen molar-refractivity contribution in [2.45, 2.75) is 6.54 Å². The Bertz CT molecular complexity index is 485. The smallest absolute Gasteiger partial charge is 0.123 e. The van der Waals surface area contributed by atoms with E-state index in [4.69, 9.17) is 9.47 Å². The molecule has 0 aromatic heterocycles. The van der Waals surface area contributed by atoms with E-state index in [2.05, 4.69) is 11.4 Å². The maximum atomic E-state index is 5.75. The highest BCUT2D eigenvalue weighted by atomic mass is 16.5. The quantitative estimate of drug-likeness (QED) is 0.774. The zero-order valence-electron chi connectivity index (χ0n) is 11.1. The highest BCUT2D eigenvalue weighted by Gasteiger charge is 2.01. The van der Waals surface area contributed by atoms with E-state index in [1.54, 1.807) is 0 Å². The van der Waals surface area contributed by atoms with Crippen LogP contribution in [0.25, 0.3) is 0 Å². The van der Waals surface area contributed by atoms with Crippen LogP contribution in [0.5, 0.6) is 11.5 Å². The van der Waals surface area contributed by atoms with Crippen molar-refractivity contribution < 1.29 is 9.47 Å². The summed E-state index contributed by atoms with van der Waals surface area (Å²) in [5.74, 6) is 1.78. The normalized spacial score (nSPS) is 10.2. The second-order valence-corrected chi connectivity index (χ2v) is 4.15. The molecule has 0 unspecified atom stereocenters. The summed E-state index contributed by atoms with van der Waals surface area (Å²) >= 11 is 0. The molecule has 2 aromatic carbocycles. The molecule has 0 fully saturated rings. The first kappa shape index (κ1) is 13.4. The van der Waals surface area contributed by atoms with Crippen molar-refractivity contribution in [3.63, 3.8) is 0 Å². The molecule has 0 spiro atoms. The van der Waals surface area contributed by atoms with Gasteiger partial charge in [-0.2, -0.15) is 0 Å². The predicted molar refractivity (Wildman–Crippen MR) is 76.6 cm³/mol. The average molecular weight is 257 g/mol. The number of nitrogens with one attached hydrogen (secondary N) is 1. The highest BCUT2D eigenvalue weighted by Crippen LogP contribution is 2.17. The van der Waals surface area contributed by atoms with Crippen LogP contribution in [0.1, 0.15) is 5.56 Å². The molecule has 0 aliphatic carbocycles. The molecule has 19 heavy (non-hydrogen) atoms. The van der Waals surface area contributed by atoms with Gasteiger partial charge in [-0.15, -0.1) is 0 Å². The molecule has 2 rings (SSSR count). The molecular weight excluding hydrogens is 238 g/mol. The SMILES string of the molecule is CNCc1ccccc1OCCOc1ccccc1. The number of ether oxygens (including phenoxy) is 2. The highest BCUT2D eigenvalue weighted by molar-refractivity contribution is 5.33. The van der Waals surface area contributed by atoms with Gasteiger partial charge in [0.2, 0.25) is 0 Å². The maximum Gasteiger partial charge on any atom is 0.123 e. The van der Waals surface area contributed by atoms with Crippen molar-refractivity contribution in [1.82, 2.24) is 5.32 Å². The first-order chi connectivity index (χ1) is 9.40. The third-order valence-electron chi connectivity index (χ3n) is 2.69. The Morgan fingerprint density at radius 2 is 1.53 bits per heavy atom. The lowest BCUT2D eigenvalue weighted by Crippen LogP contribution is -2.12. The van der Waals surface area contributed by atoms with Gasteiger partial charge in [-0.25, -0.2) is 0 Å². The predicted octanol–water partition coefficient (Wildman–Crippen LogP) is 2.86. The Kier molecular flexibility index (Phi) is 5.26. The molecule has 100 valence electrons. The first-order valence-corrected chi connectivity index (χ1v) is 6.43. The van der Waals surface area contributed by atoms with E-state index >= 15 is 0 Å². The Morgan fingerprint density at radius 3 is 2.32 bits per heavy atom. The molecule has 0 radical (unpaired) electrons. The minimum Gasteiger partial charge on any atom is -0.490 e. The van der Waals surface area contributed by atoms with Gasteiger partial charge in [0.25, 0.3) is 0 Å². The number of para-hydroxylation sites is 2. The van der Waals surface area contributed by atoms with E-state index in [-0.39, 0.29) is 0 Å². The fraction of sp³-hybridized carbons (Fsp3) is 0.250. The van der Waals surface area contributed by atoms with Crippen LogP contribution in [-0.2, 0) is 6.54 Å². The third-order valence-corrected chi connectivity index (χ3v) is 2.69. The Hall–Kier alpha value is -2.00. The van der Waals surface area contributed by atoms with Gasteiger partial charge in [-0.3, -0.25) is 0 Å². The largest absolute Gasteiger partial charge is 0.490 e. The van der Waals surface area contributed by atoms with Gasteiger partial charge in [-0.05, 0) is 25.2 Å². The number of benzene rings is 2. The minimum absolute atomic E-state index is 0.537. The standard InChI is InChI=1S/C16H19NO2/c1-17-13-14-7-5-6-10-16(14)19-12-11-18-15-8-3-2-4-9-15/h2-10,17H,11-13H2,1H3. The molecule has 0 saturated carbocycles. The molecule has 0 saturated heterocycles. The molecule has 0 aliphatic rings. The summed E-state index contributed by atoms with van der Waals surface area (Å²) in [6.45, 7) is 1.88. The maximum absolute atomic E-state index is 5.75. The Balaban J connectivity index is 1.79. The van der Waals surface area contributed by atoms with Crippen molar-refractivity contribution in [3.05, 3.63) is 60.2 Å². The summed E-state index contributed by atoms with van der Waals surface area (Å²) in [5.41, 5.74) is 1.16. The van der Waals surface area contributed by atoms with E-state index in [0.717, 1.165) is 23.6 Å². The number of hydrogen-bond acceptors (Lipinski definition) is 3. The lowest BCUT2D eigenvalue weighted by molar-refractivity contribution is 0.216. The summed E-state index contributed by atoms with van der Waals surface area (Å²) in [7, 11) is 1.93. The van der Waals surface area contributed by atoms with E-state index in [9.17, 15) is 0 Å². The summed E-state index contributed by atoms with van der Waals surface area (Å²) < 4.78 is 11.3. The lowest BCUT2D eigenvalue weighted by atomic mass is 10.2. The molecule has 0 atom stereocenters. The molecular formula is C16H19NO2. The summed E-state index contributed by atoms with van der Waals surface area (Å²) in [6, 6.07) is 17.8. The van der Waals surface area contributed by atoms with Crippen LogP contribution in [0.4, 0.5) is 0 Å². The lowest BCUT2D eigenvalue weighted by Gasteiger charge is -2.11. The molecule has 0 aliphatic heterocycles. The third kappa shape index (κ3) is 4.30. The Labute approximate surface area is 114 Å². The van der Waals surface area contributed by atoms with E-state index < -0.39 is 0 Å². The van der Waals surface area contributed by atoms with Gasteiger partial charge in [0, 0.05) is 12.1 Å². The van der Waals surface area contributed by atoms with Crippen LogP contribution in [0.15, 0.2) is 54.6 Å². The van der Waals surface area contributed by atoms with Crippen molar-refractivity contribution in [2.24, 2.45) is 0 Å². The molecule has 1 N–H and O–H groups in total. The van der Waals surface area contributed by atoms with Crippen LogP contribution >= 0.6 is 0 Å². The molecule has 2 aromatic rings. The molecule has 0 heterocycles. The van der Waals surface area contributed by atoms with Crippen LogP contribution in [-0.4, -0.2) is 20.3 Å².